The fourth-order valence-electron chi connectivity index (χ4n) is 2.74. The van der Waals surface area contributed by atoms with Gasteiger partial charge in [0.1, 0.15) is 5.82 Å². The van der Waals surface area contributed by atoms with E-state index in [0.717, 1.165) is 34.0 Å². The van der Waals surface area contributed by atoms with E-state index in [1.807, 2.05) is 48.7 Å². The molecule has 132 valence electrons. The first-order chi connectivity index (χ1) is 12.1. The number of hydrogen-bond acceptors (Lipinski definition) is 5. The number of aliphatic hydroxyl groups excluding tert-OH is 1. The van der Waals surface area contributed by atoms with Crippen molar-refractivity contribution in [2.24, 2.45) is 0 Å². The highest BCUT2D eigenvalue weighted by molar-refractivity contribution is 6.30. The third-order valence-electron chi connectivity index (χ3n) is 3.81. The highest BCUT2D eigenvalue weighted by Gasteiger charge is 2.15. The average Bonchev–Trinajstić information content (AvgIpc) is 2.91. The van der Waals surface area contributed by atoms with Crippen LogP contribution in [0.15, 0.2) is 30.3 Å². The van der Waals surface area contributed by atoms with Gasteiger partial charge in [-0.2, -0.15) is 9.61 Å². The summed E-state index contributed by atoms with van der Waals surface area (Å²) in [6, 6.07) is 9.65. The Morgan fingerprint density at radius 1 is 1.20 bits per heavy atom. The molecule has 0 bridgehead atoms. The van der Waals surface area contributed by atoms with Gasteiger partial charge in [0.2, 0.25) is 0 Å². The molecule has 0 aliphatic heterocycles. The molecule has 0 amide bonds. The molecule has 0 spiro atoms. The maximum atomic E-state index is 8.74. The summed E-state index contributed by atoms with van der Waals surface area (Å²) >= 11 is 6.00. The molecule has 0 unspecified atom stereocenters. The molecule has 3 aromatic rings. The first-order valence-corrected chi connectivity index (χ1v) is 8.53. The van der Waals surface area contributed by atoms with Crippen LogP contribution in [0.25, 0.3) is 16.8 Å². The molecule has 2 N–H and O–H groups in total. The van der Waals surface area contributed by atoms with E-state index >= 15 is 0 Å². The lowest BCUT2D eigenvalue weighted by Gasteiger charge is -2.10. The van der Waals surface area contributed by atoms with Gasteiger partial charge in [-0.25, -0.2) is 4.98 Å². The zero-order chi connectivity index (χ0) is 17.8. The summed E-state index contributed by atoms with van der Waals surface area (Å²) in [5, 5.41) is 17.4. The van der Waals surface area contributed by atoms with Gasteiger partial charge >= 0.3 is 0 Å². The van der Waals surface area contributed by atoms with Crippen molar-refractivity contribution in [3.63, 3.8) is 0 Å². The molecular formula is C18H21ClN4O2. The second kappa shape index (κ2) is 7.82. The minimum atomic E-state index is 0.0292. The number of halogens is 1. The Hall–Kier alpha value is -2.15. The third kappa shape index (κ3) is 3.92. The molecule has 25 heavy (non-hydrogen) atoms. The topological polar surface area (TPSA) is 71.7 Å². The first kappa shape index (κ1) is 17.7. The SMILES string of the molecule is Cc1cc(NCCOCCO)n2nc(C)c(-c3ccc(Cl)cc3)c2n1. The van der Waals surface area contributed by atoms with Crippen LogP contribution in [0.4, 0.5) is 5.82 Å². The Kier molecular flexibility index (Phi) is 5.53. The van der Waals surface area contributed by atoms with Crippen molar-refractivity contribution in [2.75, 3.05) is 31.7 Å². The van der Waals surface area contributed by atoms with Gasteiger partial charge in [0.05, 0.1) is 25.5 Å². The normalized spacial score (nSPS) is 11.2. The second-order valence-electron chi connectivity index (χ2n) is 5.75. The van der Waals surface area contributed by atoms with E-state index in [2.05, 4.69) is 15.4 Å². The number of fused-ring (bicyclic) bond motifs is 1. The van der Waals surface area contributed by atoms with Crippen LogP contribution in [0.5, 0.6) is 0 Å². The van der Waals surface area contributed by atoms with Crippen LogP contribution >= 0.6 is 11.6 Å². The van der Waals surface area contributed by atoms with E-state index in [1.165, 1.54) is 0 Å². The summed E-state index contributed by atoms with van der Waals surface area (Å²) in [7, 11) is 0. The predicted molar refractivity (Wildman–Crippen MR) is 99.3 cm³/mol. The molecule has 2 heterocycles. The van der Waals surface area contributed by atoms with Gasteiger partial charge in [0, 0.05) is 28.9 Å². The van der Waals surface area contributed by atoms with Gasteiger partial charge < -0.3 is 15.2 Å². The van der Waals surface area contributed by atoms with Crippen LogP contribution in [0, 0.1) is 13.8 Å². The molecule has 0 fully saturated rings. The zero-order valence-electron chi connectivity index (χ0n) is 14.3. The lowest BCUT2D eigenvalue weighted by molar-refractivity contribution is 0.0991. The summed E-state index contributed by atoms with van der Waals surface area (Å²) in [5.41, 5.74) is 4.65. The van der Waals surface area contributed by atoms with Gasteiger partial charge in [-0.05, 0) is 31.5 Å². The molecule has 0 radical (unpaired) electrons. The lowest BCUT2D eigenvalue weighted by atomic mass is 10.1. The van der Waals surface area contributed by atoms with Crippen molar-refractivity contribution in [2.45, 2.75) is 13.8 Å². The highest BCUT2D eigenvalue weighted by atomic mass is 35.5. The van der Waals surface area contributed by atoms with Gasteiger partial charge in [0.25, 0.3) is 0 Å². The van der Waals surface area contributed by atoms with E-state index in [-0.39, 0.29) is 6.61 Å². The Morgan fingerprint density at radius 2 is 1.96 bits per heavy atom. The Morgan fingerprint density at radius 3 is 2.68 bits per heavy atom. The standard InChI is InChI=1S/C18H21ClN4O2/c1-12-11-16(20-7-9-25-10-8-24)23-18(21-12)17(13(2)22-23)14-3-5-15(19)6-4-14/h3-6,11,20,24H,7-10H2,1-2H3. The van der Waals surface area contributed by atoms with Crippen LogP contribution in [0.2, 0.25) is 5.02 Å². The average molecular weight is 361 g/mol. The minimum absolute atomic E-state index is 0.0292. The van der Waals surface area contributed by atoms with Crippen LogP contribution in [0.3, 0.4) is 0 Å². The van der Waals surface area contributed by atoms with Crippen molar-refractivity contribution < 1.29 is 9.84 Å². The molecule has 1 aromatic carbocycles. The largest absolute Gasteiger partial charge is 0.394 e. The summed E-state index contributed by atoms with van der Waals surface area (Å²) in [6.45, 7) is 5.43. The predicted octanol–water partition coefficient (Wildman–Crippen LogP) is 3.09. The Labute approximate surface area is 151 Å². The monoisotopic (exact) mass is 360 g/mol. The van der Waals surface area contributed by atoms with Crippen molar-refractivity contribution >= 4 is 23.1 Å². The van der Waals surface area contributed by atoms with Crippen LogP contribution in [-0.2, 0) is 4.74 Å². The number of nitrogens with one attached hydrogen (secondary N) is 1. The Balaban J connectivity index is 1.95. The van der Waals surface area contributed by atoms with Crippen LogP contribution in [-0.4, -0.2) is 46.1 Å². The summed E-state index contributed by atoms with van der Waals surface area (Å²) in [6.07, 6.45) is 0. The molecule has 7 heteroatoms. The number of anilines is 1. The molecule has 2 aromatic heterocycles. The van der Waals surface area contributed by atoms with Gasteiger partial charge in [-0.15, -0.1) is 0 Å². The second-order valence-corrected chi connectivity index (χ2v) is 6.18. The van der Waals surface area contributed by atoms with E-state index in [4.69, 9.17) is 21.4 Å². The smallest absolute Gasteiger partial charge is 0.165 e. The van der Waals surface area contributed by atoms with Crippen molar-refractivity contribution in [3.05, 3.63) is 46.7 Å². The summed E-state index contributed by atoms with van der Waals surface area (Å²) in [5.74, 6) is 0.860. The fourth-order valence-corrected chi connectivity index (χ4v) is 2.87. The van der Waals surface area contributed by atoms with Gasteiger partial charge in [-0.3, -0.25) is 0 Å². The molecule has 0 atom stereocenters. The number of aryl methyl sites for hydroxylation is 2. The van der Waals surface area contributed by atoms with Crippen LogP contribution < -0.4 is 5.32 Å². The quantitative estimate of drug-likeness (QED) is 0.633. The summed E-state index contributed by atoms with van der Waals surface area (Å²) in [4.78, 5) is 4.68. The van der Waals surface area contributed by atoms with Gasteiger partial charge in [-0.1, -0.05) is 23.7 Å². The molecule has 0 saturated heterocycles. The number of hydrogen-bond donors (Lipinski definition) is 2. The third-order valence-corrected chi connectivity index (χ3v) is 4.07. The van der Waals surface area contributed by atoms with Gasteiger partial charge in [0.15, 0.2) is 5.65 Å². The van der Waals surface area contributed by atoms with Crippen LogP contribution in [0.1, 0.15) is 11.4 Å². The molecule has 6 nitrogen and oxygen atoms in total. The maximum absolute atomic E-state index is 8.74. The minimum Gasteiger partial charge on any atom is -0.394 e. The number of nitrogens with zero attached hydrogens (tertiary/aromatic N) is 3. The number of aromatic nitrogens is 3. The highest BCUT2D eigenvalue weighted by Crippen LogP contribution is 2.30. The van der Waals surface area contributed by atoms with E-state index in [9.17, 15) is 0 Å². The van der Waals surface area contributed by atoms with E-state index in [1.54, 1.807) is 0 Å². The summed E-state index contributed by atoms with van der Waals surface area (Å²) < 4.78 is 7.10. The van der Waals surface area contributed by atoms with Crippen molar-refractivity contribution in [1.82, 2.24) is 14.6 Å². The molecule has 0 saturated carbocycles. The zero-order valence-corrected chi connectivity index (χ0v) is 15.0. The maximum Gasteiger partial charge on any atom is 0.165 e. The lowest BCUT2D eigenvalue weighted by Crippen LogP contribution is -2.14. The van der Waals surface area contributed by atoms with Crippen molar-refractivity contribution in [1.29, 1.82) is 0 Å². The molecular weight excluding hydrogens is 340 g/mol. The number of benzene rings is 1. The molecule has 3 rings (SSSR count). The Bertz CT molecular complexity index is 862. The number of rotatable bonds is 7. The fraction of sp³-hybridized carbons (Fsp3) is 0.333. The van der Waals surface area contributed by atoms with E-state index in [0.29, 0.717) is 24.8 Å². The number of ether oxygens (including phenoxy) is 1. The number of aliphatic hydroxyl groups is 1. The van der Waals surface area contributed by atoms with E-state index < -0.39 is 0 Å². The first-order valence-electron chi connectivity index (χ1n) is 8.15. The molecule has 0 aliphatic rings. The molecule has 0 aliphatic carbocycles. The van der Waals surface area contributed by atoms with Crippen molar-refractivity contribution in [3.8, 4) is 11.1 Å².